The van der Waals surface area contributed by atoms with Gasteiger partial charge in [0.25, 0.3) is 0 Å². The second-order valence-corrected chi connectivity index (χ2v) is 5.09. The van der Waals surface area contributed by atoms with Crippen LogP contribution in [0.1, 0.15) is 11.1 Å². The van der Waals surface area contributed by atoms with Crippen molar-refractivity contribution in [3.63, 3.8) is 0 Å². The SMILES string of the molecule is Cc1cccc2c(-c3ccc(CCN)cc3)cncc12. The predicted octanol–water partition coefficient (Wildman–Crippen LogP) is 3.71. The Morgan fingerprint density at radius 1 is 0.950 bits per heavy atom. The first-order chi connectivity index (χ1) is 9.79. The van der Waals surface area contributed by atoms with Gasteiger partial charge >= 0.3 is 0 Å². The number of hydrogen-bond acceptors (Lipinski definition) is 2. The molecule has 0 aliphatic heterocycles. The van der Waals surface area contributed by atoms with E-state index in [1.165, 1.54) is 33.0 Å². The van der Waals surface area contributed by atoms with E-state index in [9.17, 15) is 0 Å². The molecule has 1 heterocycles. The molecule has 2 nitrogen and oxygen atoms in total. The van der Waals surface area contributed by atoms with Gasteiger partial charge in [0.15, 0.2) is 0 Å². The van der Waals surface area contributed by atoms with Crippen molar-refractivity contribution >= 4 is 10.8 Å². The van der Waals surface area contributed by atoms with Crippen LogP contribution in [0.3, 0.4) is 0 Å². The van der Waals surface area contributed by atoms with Crippen LogP contribution in [-0.4, -0.2) is 11.5 Å². The summed E-state index contributed by atoms with van der Waals surface area (Å²) in [7, 11) is 0. The fourth-order valence-electron chi connectivity index (χ4n) is 2.59. The van der Waals surface area contributed by atoms with Gasteiger partial charge < -0.3 is 5.73 Å². The highest BCUT2D eigenvalue weighted by atomic mass is 14.6. The summed E-state index contributed by atoms with van der Waals surface area (Å²) in [5, 5.41) is 2.47. The van der Waals surface area contributed by atoms with Gasteiger partial charge in [0.05, 0.1) is 0 Å². The Hall–Kier alpha value is -2.19. The Labute approximate surface area is 119 Å². The number of aryl methyl sites for hydroxylation is 1. The van der Waals surface area contributed by atoms with E-state index in [4.69, 9.17) is 5.73 Å². The van der Waals surface area contributed by atoms with Gasteiger partial charge in [-0.2, -0.15) is 0 Å². The average Bonchev–Trinajstić information content (AvgIpc) is 2.48. The smallest absolute Gasteiger partial charge is 0.0352 e. The van der Waals surface area contributed by atoms with E-state index in [0.717, 1.165) is 6.42 Å². The molecule has 0 unspecified atom stereocenters. The van der Waals surface area contributed by atoms with Crippen LogP contribution in [0.15, 0.2) is 54.9 Å². The molecule has 3 aromatic rings. The van der Waals surface area contributed by atoms with E-state index < -0.39 is 0 Å². The van der Waals surface area contributed by atoms with Crippen molar-refractivity contribution in [1.82, 2.24) is 4.98 Å². The topological polar surface area (TPSA) is 38.9 Å². The fraction of sp³-hybridized carbons (Fsp3) is 0.167. The minimum absolute atomic E-state index is 0.689. The van der Waals surface area contributed by atoms with Crippen LogP contribution < -0.4 is 5.73 Å². The van der Waals surface area contributed by atoms with Crippen molar-refractivity contribution in [2.75, 3.05) is 6.54 Å². The summed E-state index contributed by atoms with van der Waals surface area (Å²) in [5.74, 6) is 0. The van der Waals surface area contributed by atoms with E-state index >= 15 is 0 Å². The standard InChI is InChI=1S/C18H18N2/c1-13-3-2-4-16-17(13)11-20-12-18(16)15-7-5-14(6-8-15)9-10-19/h2-8,11-12H,9-10,19H2,1H3. The zero-order valence-electron chi connectivity index (χ0n) is 11.6. The lowest BCUT2D eigenvalue weighted by molar-refractivity contribution is 0.969. The molecular formula is C18H18N2. The number of nitrogens with zero attached hydrogens (tertiary/aromatic N) is 1. The highest BCUT2D eigenvalue weighted by Gasteiger charge is 2.05. The van der Waals surface area contributed by atoms with Crippen LogP contribution in [0.5, 0.6) is 0 Å². The molecule has 3 rings (SSSR count). The first kappa shape index (κ1) is 12.8. The fourth-order valence-corrected chi connectivity index (χ4v) is 2.59. The zero-order chi connectivity index (χ0) is 13.9. The van der Waals surface area contributed by atoms with Crippen LogP contribution in [0.4, 0.5) is 0 Å². The summed E-state index contributed by atoms with van der Waals surface area (Å²) < 4.78 is 0. The molecule has 0 aliphatic rings. The van der Waals surface area contributed by atoms with E-state index in [1.807, 2.05) is 12.4 Å². The third kappa shape index (κ3) is 2.30. The Kier molecular flexibility index (Phi) is 3.48. The molecule has 0 fully saturated rings. The molecule has 0 bridgehead atoms. The van der Waals surface area contributed by atoms with Crippen LogP contribution >= 0.6 is 0 Å². The number of hydrogen-bond donors (Lipinski definition) is 1. The van der Waals surface area contributed by atoms with E-state index in [0.29, 0.717) is 6.54 Å². The number of pyridine rings is 1. The van der Waals surface area contributed by atoms with Crippen molar-refractivity contribution in [3.8, 4) is 11.1 Å². The first-order valence-corrected chi connectivity index (χ1v) is 6.92. The van der Waals surface area contributed by atoms with Crippen molar-refractivity contribution in [1.29, 1.82) is 0 Å². The maximum atomic E-state index is 5.59. The first-order valence-electron chi connectivity index (χ1n) is 6.92. The summed E-state index contributed by atoms with van der Waals surface area (Å²) in [5.41, 5.74) is 10.5. The van der Waals surface area contributed by atoms with Gasteiger partial charge in [-0.3, -0.25) is 4.98 Å². The van der Waals surface area contributed by atoms with Crippen LogP contribution in [-0.2, 0) is 6.42 Å². The monoisotopic (exact) mass is 262 g/mol. The molecule has 100 valence electrons. The Morgan fingerprint density at radius 3 is 2.50 bits per heavy atom. The van der Waals surface area contributed by atoms with E-state index in [-0.39, 0.29) is 0 Å². The van der Waals surface area contributed by atoms with Crippen molar-refractivity contribution in [2.45, 2.75) is 13.3 Å². The Balaban J connectivity index is 2.12. The lowest BCUT2D eigenvalue weighted by Crippen LogP contribution is -2.02. The van der Waals surface area contributed by atoms with Crippen LogP contribution in [0.25, 0.3) is 21.9 Å². The largest absolute Gasteiger partial charge is 0.330 e. The predicted molar refractivity (Wildman–Crippen MR) is 84.7 cm³/mol. The molecule has 0 amide bonds. The highest BCUT2D eigenvalue weighted by molar-refractivity contribution is 5.97. The van der Waals surface area contributed by atoms with Crippen molar-refractivity contribution in [3.05, 3.63) is 66.0 Å². The number of aromatic nitrogens is 1. The molecule has 2 aromatic carbocycles. The van der Waals surface area contributed by atoms with Crippen molar-refractivity contribution in [2.24, 2.45) is 5.73 Å². The number of rotatable bonds is 3. The summed E-state index contributed by atoms with van der Waals surface area (Å²) in [4.78, 5) is 4.39. The number of fused-ring (bicyclic) bond motifs is 1. The second-order valence-electron chi connectivity index (χ2n) is 5.09. The molecule has 0 radical (unpaired) electrons. The Bertz CT molecular complexity index is 730. The third-order valence-corrected chi connectivity index (χ3v) is 3.72. The van der Waals surface area contributed by atoms with Gasteiger partial charge in [-0.15, -0.1) is 0 Å². The van der Waals surface area contributed by atoms with Crippen LogP contribution in [0.2, 0.25) is 0 Å². The maximum Gasteiger partial charge on any atom is 0.0352 e. The van der Waals surface area contributed by atoms with Gasteiger partial charge in [-0.05, 0) is 42.0 Å². The summed E-state index contributed by atoms with van der Waals surface area (Å²) in [6.07, 6.45) is 4.81. The normalized spacial score (nSPS) is 10.9. The molecule has 0 atom stereocenters. The zero-order valence-corrected chi connectivity index (χ0v) is 11.6. The van der Waals surface area contributed by atoms with Gasteiger partial charge in [-0.25, -0.2) is 0 Å². The lowest BCUT2D eigenvalue weighted by Gasteiger charge is -2.09. The third-order valence-electron chi connectivity index (χ3n) is 3.72. The highest BCUT2D eigenvalue weighted by Crippen LogP contribution is 2.29. The minimum Gasteiger partial charge on any atom is -0.330 e. The molecule has 0 saturated carbocycles. The number of nitrogens with two attached hydrogens (primary N) is 1. The molecule has 2 N–H and O–H groups in total. The van der Waals surface area contributed by atoms with E-state index in [1.54, 1.807) is 0 Å². The molecule has 0 spiro atoms. The second kappa shape index (κ2) is 5.43. The van der Waals surface area contributed by atoms with Gasteiger partial charge in [0, 0.05) is 23.3 Å². The molecule has 2 heteroatoms. The van der Waals surface area contributed by atoms with Gasteiger partial charge in [-0.1, -0.05) is 42.5 Å². The van der Waals surface area contributed by atoms with Gasteiger partial charge in [0.2, 0.25) is 0 Å². The maximum absolute atomic E-state index is 5.59. The summed E-state index contributed by atoms with van der Waals surface area (Å²) in [6.45, 7) is 2.81. The average molecular weight is 262 g/mol. The molecule has 20 heavy (non-hydrogen) atoms. The van der Waals surface area contributed by atoms with Crippen molar-refractivity contribution < 1.29 is 0 Å². The Morgan fingerprint density at radius 2 is 1.75 bits per heavy atom. The molecular weight excluding hydrogens is 244 g/mol. The molecule has 0 saturated heterocycles. The van der Waals surface area contributed by atoms with Gasteiger partial charge in [0.1, 0.15) is 0 Å². The minimum atomic E-state index is 0.689. The summed E-state index contributed by atoms with van der Waals surface area (Å²) >= 11 is 0. The number of benzene rings is 2. The van der Waals surface area contributed by atoms with E-state index in [2.05, 4.69) is 54.4 Å². The quantitative estimate of drug-likeness (QED) is 0.781. The van der Waals surface area contributed by atoms with Crippen LogP contribution in [0, 0.1) is 6.92 Å². The summed E-state index contributed by atoms with van der Waals surface area (Å²) in [6, 6.07) is 15.0. The molecule has 1 aromatic heterocycles. The lowest BCUT2D eigenvalue weighted by atomic mass is 9.98. The molecule has 0 aliphatic carbocycles.